The molecule has 2 heteroatoms. The molecule has 36 heavy (non-hydrogen) atoms. The molecule has 0 aliphatic heterocycles. The molecule has 0 saturated heterocycles. The molecule has 0 N–H and O–H groups in total. The summed E-state index contributed by atoms with van der Waals surface area (Å²) in [6, 6.07) is -15.3. The van der Waals surface area contributed by atoms with Gasteiger partial charge in [-0.1, -0.05) is 96.7 Å². The summed E-state index contributed by atoms with van der Waals surface area (Å²) in [6.07, 6.45) is -0.804. The number of fused-ring (bicyclic) bond motifs is 7. The van der Waals surface area contributed by atoms with E-state index in [0.717, 1.165) is 0 Å². The number of hydrogen-bond acceptors (Lipinski definition) is 2. The Morgan fingerprint density at radius 2 is 1.06 bits per heavy atom. The molecule has 0 aliphatic carbocycles. The van der Waals surface area contributed by atoms with Gasteiger partial charge in [0.15, 0.2) is 11.2 Å². The minimum atomic E-state index is -0.873. The molecule has 0 aliphatic rings. The zero-order chi connectivity index (χ0) is 41.0. The lowest BCUT2D eigenvalue weighted by molar-refractivity contribution is 0.600. The topological polar surface area (TPSA) is 26.3 Å². The third kappa shape index (κ3) is 2.61. The molecule has 0 spiro atoms. The summed E-state index contributed by atoms with van der Waals surface area (Å²) < 4.78 is 187. The minimum absolute atomic E-state index is 0.332. The van der Waals surface area contributed by atoms with Crippen LogP contribution in [0.3, 0.4) is 0 Å². The van der Waals surface area contributed by atoms with Crippen molar-refractivity contribution in [3.05, 3.63) is 121 Å². The molecule has 0 atom stereocenters. The Labute approximate surface area is 235 Å². The zero-order valence-corrected chi connectivity index (χ0v) is 17.8. The maximum absolute atomic E-state index is 9.70. The lowest BCUT2D eigenvalue weighted by Gasteiger charge is -2.18. The standard InChI is InChI=1S/C34H20O2/c1-2-10-21(11-3-1)31-23-13-4-6-15-25(23)32(26-16-7-5-14-24(26)31)28-20-29-22-12-8-9-17-30(22)36-34(29)33-27(28)18-19-35-33/h1-20H/i1D,2D,3D,4D,5D,6D,7D,8D,9D,10D,11D,12D,13D,14D,15D,16D,17D,18D,19D,20D. The number of para-hydroxylation sites is 1. The van der Waals surface area contributed by atoms with Crippen LogP contribution in [0.15, 0.2) is 130 Å². The van der Waals surface area contributed by atoms with Crippen molar-refractivity contribution in [1.29, 1.82) is 0 Å². The molecule has 8 aromatic rings. The Morgan fingerprint density at radius 3 is 1.75 bits per heavy atom. The van der Waals surface area contributed by atoms with Gasteiger partial charge in [0, 0.05) is 16.2 Å². The molecule has 0 unspecified atom stereocenters. The summed E-state index contributed by atoms with van der Waals surface area (Å²) in [5.74, 6) is 0. The van der Waals surface area contributed by atoms with Crippen LogP contribution in [0, 0.1) is 0 Å². The quantitative estimate of drug-likeness (QED) is 0.230. The molecule has 2 aromatic heterocycles. The van der Waals surface area contributed by atoms with E-state index in [9.17, 15) is 4.11 Å². The number of rotatable bonds is 2. The van der Waals surface area contributed by atoms with Gasteiger partial charge in [-0.25, -0.2) is 0 Å². The van der Waals surface area contributed by atoms with Crippen LogP contribution in [-0.4, -0.2) is 0 Å². The highest BCUT2D eigenvalue weighted by Gasteiger charge is 2.21. The van der Waals surface area contributed by atoms with Gasteiger partial charge < -0.3 is 8.83 Å². The molecule has 0 bridgehead atoms. The minimum Gasteiger partial charge on any atom is -0.460 e. The first-order chi connectivity index (χ1) is 26.2. The van der Waals surface area contributed by atoms with Crippen LogP contribution in [0.4, 0.5) is 0 Å². The lowest BCUT2D eigenvalue weighted by atomic mass is 9.85. The Balaban J connectivity index is 1.81. The van der Waals surface area contributed by atoms with E-state index in [0.29, 0.717) is 0 Å². The third-order valence-electron chi connectivity index (χ3n) is 5.97. The van der Waals surface area contributed by atoms with Crippen LogP contribution in [0.1, 0.15) is 27.4 Å². The zero-order valence-electron chi connectivity index (χ0n) is 37.8. The lowest BCUT2D eigenvalue weighted by Crippen LogP contribution is -1.91. The number of hydrogen-bond donors (Lipinski definition) is 0. The van der Waals surface area contributed by atoms with Crippen molar-refractivity contribution in [3.8, 4) is 22.3 Å². The first-order valence-electron chi connectivity index (χ1n) is 20.6. The summed E-state index contributed by atoms with van der Waals surface area (Å²) >= 11 is 0. The van der Waals surface area contributed by atoms with Crippen LogP contribution in [-0.2, 0) is 0 Å². The molecule has 2 nitrogen and oxygen atoms in total. The Morgan fingerprint density at radius 1 is 0.472 bits per heavy atom. The highest BCUT2D eigenvalue weighted by atomic mass is 16.4. The van der Waals surface area contributed by atoms with E-state index in [1.54, 1.807) is 0 Å². The van der Waals surface area contributed by atoms with Gasteiger partial charge >= 0.3 is 0 Å². The van der Waals surface area contributed by atoms with Crippen molar-refractivity contribution < 1.29 is 36.2 Å². The van der Waals surface area contributed by atoms with Gasteiger partial charge in [0.2, 0.25) is 0 Å². The fraction of sp³-hybridized carbons (Fsp3) is 0. The molecule has 0 fully saturated rings. The van der Waals surface area contributed by atoms with Crippen LogP contribution >= 0.6 is 0 Å². The Kier molecular flexibility index (Phi) is 1.71. The maximum Gasteiger partial charge on any atom is 0.178 e. The van der Waals surface area contributed by atoms with Crippen LogP contribution < -0.4 is 0 Å². The monoisotopic (exact) mass is 480 g/mol. The van der Waals surface area contributed by atoms with Crippen LogP contribution in [0.25, 0.3) is 76.7 Å². The fourth-order valence-electron chi connectivity index (χ4n) is 4.55. The van der Waals surface area contributed by atoms with E-state index in [2.05, 4.69) is 0 Å². The van der Waals surface area contributed by atoms with Crippen molar-refractivity contribution in [1.82, 2.24) is 0 Å². The maximum atomic E-state index is 9.70. The second-order valence-corrected chi connectivity index (χ2v) is 7.79. The van der Waals surface area contributed by atoms with E-state index >= 15 is 0 Å². The van der Waals surface area contributed by atoms with E-state index in [1.807, 2.05) is 0 Å². The highest BCUT2D eigenvalue weighted by Crippen LogP contribution is 2.47. The number of benzene rings is 6. The van der Waals surface area contributed by atoms with E-state index in [1.165, 1.54) is 0 Å². The molecular formula is C34H20O2. The first kappa shape index (κ1) is 8.39. The molecule has 0 amide bonds. The van der Waals surface area contributed by atoms with Crippen molar-refractivity contribution in [3.63, 3.8) is 0 Å². The molecule has 6 aromatic carbocycles. The predicted octanol–water partition coefficient (Wildman–Crippen LogP) is 9.97. The van der Waals surface area contributed by atoms with Gasteiger partial charge in [-0.2, -0.15) is 0 Å². The van der Waals surface area contributed by atoms with Gasteiger partial charge in [-0.05, 0) is 61.9 Å². The van der Waals surface area contributed by atoms with Crippen molar-refractivity contribution in [2.24, 2.45) is 0 Å². The predicted molar refractivity (Wildman–Crippen MR) is 149 cm³/mol. The van der Waals surface area contributed by atoms with Crippen LogP contribution in [0.5, 0.6) is 0 Å². The second kappa shape index (κ2) is 7.34. The second-order valence-electron chi connectivity index (χ2n) is 7.79. The third-order valence-corrected chi connectivity index (χ3v) is 5.97. The SMILES string of the molecule is [2H]c1oc2c(c1[2H])c(-c1c3c([2H])c([2H])c([2H])c([2H])c3c(-c3c([2H])c([2H])c([2H])c([2H])c3[2H])c3c([2H])c([2H])c([2H])c([2H])c13)c([2H])c1c2oc2c([2H])c([2H])c([2H])c([2H])c21. The highest BCUT2D eigenvalue weighted by molar-refractivity contribution is 6.26. The summed E-state index contributed by atoms with van der Waals surface area (Å²) in [6.45, 7) is 0. The van der Waals surface area contributed by atoms with Crippen molar-refractivity contribution in [2.75, 3.05) is 0 Å². The molecule has 168 valence electrons. The van der Waals surface area contributed by atoms with E-state index < -0.39 is 181 Å². The molecule has 0 radical (unpaired) electrons. The Bertz CT molecular complexity index is 3090. The van der Waals surface area contributed by atoms with Crippen molar-refractivity contribution >= 4 is 54.5 Å². The van der Waals surface area contributed by atoms with Gasteiger partial charge in [-0.15, -0.1) is 0 Å². The normalized spacial score (nSPS) is 19.7. The number of furan rings is 2. The van der Waals surface area contributed by atoms with Crippen LogP contribution in [0.2, 0.25) is 0 Å². The Hall–Kier alpha value is -4.82. The fourth-order valence-corrected chi connectivity index (χ4v) is 4.55. The molecule has 8 rings (SSSR count). The molecule has 0 saturated carbocycles. The summed E-state index contributed by atoms with van der Waals surface area (Å²) in [4.78, 5) is 0. The summed E-state index contributed by atoms with van der Waals surface area (Å²) in [5.41, 5.74) is -3.50. The molecule has 2 heterocycles. The smallest absolute Gasteiger partial charge is 0.178 e. The van der Waals surface area contributed by atoms with Gasteiger partial charge in [-0.3, -0.25) is 0 Å². The summed E-state index contributed by atoms with van der Waals surface area (Å²) in [5, 5.41) is -3.37. The first-order valence-corrected chi connectivity index (χ1v) is 10.6. The average Bonchev–Trinajstić information content (AvgIpc) is 3.72. The summed E-state index contributed by atoms with van der Waals surface area (Å²) in [7, 11) is 0. The van der Waals surface area contributed by atoms with Crippen molar-refractivity contribution in [2.45, 2.75) is 0 Å². The molecular weight excluding hydrogens is 440 g/mol. The largest absolute Gasteiger partial charge is 0.460 e. The van der Waals surface area contributed by atoms with Gasteiger partial charge in [0.05, 0.1) is 32.3 Å². The average molecular weight is 481 g/mol. The van der Waals surface area contributed by atoms with E-state index in [4.69, 9.17) is 32.1 Å². The van der Waals surface area contributed by atoms with Gasteiger partial charge in [0.25, 0.3) is 0 Å². The van der Waals surface area contributed by atoms with Gasteiger partial charge in [0.1, 0.15) is 6.95 Å². The van der Waals surface area contributed by atoms with E-state index in [-0.39, 0.29) is 16.4 Å².